The number of benzene rings is 3. The first kappa shape index (κ1) is 26.4. The molecule has 0 aliphatic carbocycles. The molecule has 210 valence electrons. The number of para-hydroxylation sites is 1. The van der Waals surface area contributed by atoms with Crippen molar-refractivity contribution in [2.75, 3.05) is 38.3 Å². The first-order chi connectivity index (χ1) is 20.1. The number of hydrogen-bond donors (Lipinski definition) is 2. The Hall–Kier alpha value is -4.79. The standard InChI is InChI=1S/C32H33N5O4/c1-40-28-10-9-24-19-29(28)41-21-30(38)35-20-22-16-25(18-26(17-22)37-15-12-33-31(24)37)32(39)34-11-5-14-36-13-4-7-23-6-2-3-8-27(23)36/h2-3,6,8-10,12,15-19H,4-5,7,11,13-14,20-21H2,1H3,(H,34,39)(H,35,38). The Morgan fingerprint density at radius 2 is 2.05 bits per heavy atom. The predicted molar refractivity (Wildman–Crippen MR) is 157 cm³/mol. The number of nitrogens with zero attached hydrogens (tertiary/aromatic N) is 3. The van der Waals surface area contributed by atoms with Gasteiger partial charge in [0, 0.05) is 61.1 Å². The number of rotatable bonds is 6. The van der Waals surface area contributed by atoms with Crippen LogP contribution in [0.15, 0.2) is 73.1 Å². The van der Waals surface area contributed by atoms with Gasteiger partial charge in [0.1, 0.15) is 5.82 Å². The van der Waals surface area contributed by atoms with E-state index in [0.29, 0.717) is 29.4 Å². The summed E-state index contributed by atoms with van der Waals surface area (Å²) in [6, 6.07) is 19.7. The molecule has 0 radical (unpaired) electrons. The van der Waals surface area contributed by atoms with Crippen molar-refractivity contribution in [3.63, 3.8) is 0 Å². The maximum atomic E-state index is 13.3. The van der Waals surface area contributed by atoms with Crippen LogP contribution in [0.1, 0.15) is 34.3 Å². The van der Waals surface area contributed by atoms with E-state index in [-0.39, 0.29) is 25.0 Å². The minimum atomic E-state index is -0.273. The van der Waals surface area contributed by atoms with E-state index in [0.717, 1.165) is 49.2 Å². The lowest BCUT2D eigenvalue weighted by molar-refractivity contribution is -0.123. The minimum absolute atomic E-state index is 0.153. The van der Waals surface area contributed by atoms with E-state index in [9.17, 15) is 9.59 Å². The molecule has 9 heteroatoms. The van der Waals surface area contributed by atoms with Crippen molar-refractivity contribution in [1.82, 2.24) is 20.2 Å². The molecule has 4 bridgehead atoms. The Morgan fingerprint density at radius 3 is 2.95 bits per heavy atom. The number of aryl methyl sites for hydroxylation is 1. The molecule has 2 N–H and O–H groups in total. The van der Waals surface area contributed by atoms with E-state index in [1.807, 2.05) is 35.0 Å². The van der Waals surface area contributed by atoms with Gasteiger partial charge < -0.3 is 25.0 Å². The second-order valence-corrected chi connectivity index (χ2v) is 10.3. The highest BCUT2D eigenvalue weighted by molar-refractivity contribution is 5.95. The molecule has 0 fully saturated rings. The summed E-state index contributed by atoms with van der Waals surface area (Å²) in [5.74, 6) is 1.23. The van der Waals surface area contributed by atoms with Gasteiger partial charge in [-0.1, -0.05) is 18.2 Å². The monoisotopic (exact) mass is 551 g/mol. The fourth-order valence-corrected chi connectivity index (χ4v) is 5.51. The zero-order valence-electron chi connectivity index (χ0n) is 23.1. The Morgan fingerprint density at radius 1 is 1.15 bits per heavy atom. The van der Waals surface area contributed by atoms with Crippen LogP contribution in [0.2, 0.25) is 0 Å². The Labute approximate surface area is 239 Å². The van der Waals surface area contributed by atoms with Crippen LogP contribution in [0.5, 0.6) is 11.5 Å². The Bertz CT molecular complexity index is 1580. The molecule has 0 spiro atoms. The molecule has 41 heavy (non-hydrogen) atoms. The van der Waals surface area contributed by atoms with Gasteiger partial charge in [-0.3, -0.25) is 14.2 Å². The van der Waals surface area contributed by atoms with Gasteiger partial charge in [-0.2, -0.15) is 0 Å². The number of methoxy groups -OCH3 is 1. The zero-order chi connectivity index (χ0) is 28.2. The molecule has 2 amide bonds. The van der Waals surface area contributed by atoms with Gasteiger partial charge in [0.25, 0.3) is 11.8 Å². The molecule has 0 atom stereocenters. The van der Waals surface area contributed by atoms with Crippen LogP contribution in [-0.4, -0.2) is 54.7 Å². The molecule has 3 aromatic carbocycles. The van der Waals surface area contributed by atoms with Gasteiger partial charge in [0.05, 0.1) is 7.11 Å². The van der Waals surface area contributed by atoms with E-state index in [1.165, 1.54) is 11.3 Å². The van der Waals surface area contributed by atoms with Crippen LogP contribution in [0.4, 0.5) is 5.69 Å². The fraction of sp³-hybridized carbons (Fsp3) is 0.281. The average molecular weight is 552 g/mol. The number of anilines is 1. The summed E-state index contributed by atoms with van der Waals surface area (Å²) in [5.41, 5.74) is 5.59. The van der Waals surface area contributed by atoms with Gasteiger partial charge in [-0.25, -0.2) is 4.98 Å². The number of imidazole rings is 1. The smallest absolute Gasteiger partial charge is 0.258 e. The van der Waals surface area contributed by atoms with Crippen molar-refractivity contribution in [3.05, 3.63) is 89.7 Å². The molecule has 0 saturated heterocycles. The number of amides is 2. The van der Waals surface area contributed by atoms with Gasteiger partial charge in [-0.05, 0) is 72.9 Å². The highest BCUT2D eigenvalue weighted by atomic mass is 16.5. The van der Waals surface area contributed by atoms with Crippen LogP contribution in [0, 0.1) is 0 Å². The fourth-order valence-electron chi connectivity index (χ4n) is 5.51. The largest absolute Gasteiger partial charge is 0.493 e. The molecule has 3 heterocycles. The van der Waals surface area contributed by atoms with Crippen molar-refractivity contribution >= 4 is 17.5 Å². The molecule has 2 aliphatic heterocycles. The first-order valence-corrected chi connectivity index (χ1v) is 14.0. The van der Waals surface area contributed by atoms with Crippen LogP contribution in [-0.2, 0) is 17.8 Å². The first-order valence-electron chi connectivity index (χ1n) is 14.0. The van der Waals surface area contributed by atoms with Crippen LogP contribution < -0.4 is 25.0 Å². The molecule has 4 aromatic rings. The van der Waals surface area contributed by atoms with Crippen LogP contribution in [0.3, 0.4) is 0 Å². The Balaban J connectivity index is 1.22. The number of nitrogens with one attached hydrogen (secondary N) is 2. The minimum Gasteiger partial charge on any atom is -0.493 e. The van der Waals surface area contributed by atoms with Crippen LogP contribution >= 0.6 is 0 Å². The number of ether oxygens (including phenoxy) is 2. The molecule has 9 nitrogen and oxygen atoms in total. The van der Waals surface area contributed by atoms with E-state index in [2.05, 4.69) is 44.8 Å². The second kappa shape index (κ2) is 11.8. The zero-order valence-corrected chi connectivity index (χ0v) is 23.1. The van der Waals surface area contributed by atoms with Crippen molar-refractivity contribution in [3.8, 4) is 28.6 Å². The molecule has 0 saturated carbocycles. The number of carbonyl (C=O) groups excluding carboxylic acids is 2. The lowest BCUT2D eigenvalue weighted by atomic mass is 10.0. The third-order valence-electron chi connectivity index (χ3n) is 7.53. The lowest BCUT2D eigenvalue weighted by Gasteiger charge is -2.31. The topological polar surface area (TPSA) is 97.7 Å². The maximum absolute atomic E-state index is 13.3. The predicted octanol–water partition coefficient (Wildman–Crippen LogP) is 4.13. The third-order valence-corrected chi connectivity index (χ3v) is 7.53. The third kappa shape index (κ3) is 5.75. The van der Waals surface area contributed by atoms with E-state index in [4.69, 9.17) is 9.47 Å². The van der Waals surface area contributed by atoms with E-state index < -0.39 is 0 Å². The quantitative estimate of drug-likeness (QED) is 0.350. The molecule has 6 rings (SSSR count). The van der Waals surface area contributed by atoms with E-state index in [1.54, 1.807) is 25.4 Å². The van der Waals surface area contributed by atoms with Crippen molar-refractivity contribution < 1.29 is 19.1 Å². The SMILES string of the molecule is COc1ccc2cc1OCC(=O)NCc1cc(C(=O)NCCCN3CCCc4ccccc43)cc(c1)-n1ccnc1-2. The molecular formula is C32H33N5O4. The van der Waals surface area contributed by atoms with Crippen molar-refractivity contribution in [1.29, 1.82) is 0 Å². The summed E-state index contributed by atoms with van der Waals surface area (Å²) in [6.45, 7) is 2.58. The number of hydrogen-bond acceptors (Lipinski definition) is 6. The highest BCUT2D eigenvalue weighted by Gasteiger charge is 2.18. The van der Waals surface area contributed by atoms with Gasteiger partial charge in [-0.15, -0.1) is 0 Å². The van der Waals surface area contributed by atoms with Crippen molar-refractivity contribution in [2.24, 2.45) is 0 Å². The maximum Gasteiger partial charge on any atom is 0.258 e. The summed E-state index contributed by atoms with van der Waals surface area (Å²) < 4.78 is 13.1. The summed E-state index contributed by atoms with van der Waals surface area (Å²) in [4.78, 5) is 32.9. The average Bonchev–Trinajstić information content (AvgIpc) is 3.50. The van der Waals surface area contributed by atoms with Gasteiger partial charge in [0.2, 0.25) is 0 Å². The number of carbonyl (C=O) groups is 2. The summed E-state index contributed by atoms with van der Waals surface area (Å²) in [5, 5.41) is 5.98. The van der Waals surface area contributed by atoms with Gasteiger partial charge >= 0.3 is 0 Å². The summed E-state index contributed by atoms with van der Waals surface area (Å²) in [6.07, 6.45) is 6.69. The summed E-state index contributed by atoms with van der Waals surface area (Å²) >= 11 is 0. The van der Waals surface area contributed by atoms with Crippen molar-refractivity contribution in [2.45, 2.75) is 25.8 Å². The summed E-state index contributed by atoms with van der Waals surface area (Å²) in [7, 11) is 1.56. The Kier molecular flexibility index (Phi) is 7.58. The van der Waals surface area contributed by atoms with Crippen LogP contribution in [0.25, 0.3) is 17.1 Å². The molecule has 0 unspecified atom stereocenters. The lowest BCUT2D eigenvalue weighted by Crippen LogP contribution is -2.33. The molecule has 1 aromatic heterocycles. The van der Waals surface area contributed by atoms with E-state index >= 15 is 0 Å². The number of fused-ring (bicyclic) bond motifs is 8. The molecule has 2 aliphatic rings. The normalized spacial score (nSPS) is 14.3. The second-order valence-electron chi connectivity index (χ2n) is 10.3. The number of aromatic nitrogens is 2. The van der Waals surface area contributed by atoms with Gasteiger partial charge in [0.15, 0.2) is 18.1 Å². The molecular weight excluding hydrogens is 518 g/mol. The highest BCUT2D eigenvalue weighted by Crippen LogP contribution is 2.33.